The molecule has 0 aliphatic heterocycles. The second-order valence-corrected chi connectivity index (χ2v) is 6.89. The maximum atomic E-state index is 12.1. The first-order valence-electron chi connectivity index (χ1n) is 8.76. The lowest BCUT2D eigenvalue weighted by atomic mass is 9.66. The van der Waals surface area contributed by atoms with Crippen LogP contribution >= 0.6 is 0 Å². The van der Waals surface area contributed by atoms with E-state index in [1.165, 1.54) is 0 Å². The van der Waals surface area contributed by atoms with Crippen LogP contribution in [0.5, 0.6) is 0 Å². The van der Waals surface area contributed by atoms with Gasteiger partial charge in [0.05, 0.1) is 5.41 Å². The molecule has 0 heterocycles. The fraction of sp³-hybridized carbons (Fsp3) is 0.526. The van der Waals surface area contributed by atoms with Crippen molar-refractivity contribution < 1.29 is 19.5 Å². The Bertz CT molecular complexity index is 653. The van der Waals surface area contributed by atoms with E-state index in [9.17, 15) is 19.5 Å². The molecule has 0 bridgehead atoms. The summed E-state index contributed by atoms with van der Waals surface area (Å²) in [7, 11) is 0. The molecule has 1 saturated carbocycles. The number of benzene rings is 1. The number of anilines is 1. The minimum Gasteiger partial charge on any atom is -0.481 e. The third kappa shape index (κ3) is 4.81. The van der Waals surface area contributed by atoms with Crippen LogP contribution in [0.1, 0.15) is 51.5 Å². The summed E-state index contributed by atoms with van der Waals surface area (Å²) in [6, 6.07) is 7.30. The average molecular weight is 346 g/mol. The van der Waals surface area contributed by atoms with E-state index >= 15 is 0 Å². The first-order chi connectivity index (χ1) is 11.9. The Labute approximate surface area is 148 Å². The lowest BCUT2D eigenvalue weighted by molar-refractivity contribution is -0.157. The number of carboxylic acids is 1. The van der Waals surface area contributed by atoms with E-state index in [1.807, 2.05) is 32.0 Å². The molecule has 2 rings (SSSR count). The summed E-state index contributed by atoms with van der Waals surface area (Å²) in [6.45, 7) is 4.14. The predicted octanol–water partition coefficient (Wildman–Crippen LogP) is 2.93. The predicted molar refractivity (Wildman–Crippen MR) is 94.9 cm³/mol. The smallest absolute Gasteiger partial charge is 0.310 e. The Morgan fingerprint density at radius 1 is 1.28 bits per heavy atom. The third-order valence-electron chi connectivity index (χ3n) is 5.01. The standard InChI is InChI=1S/C19H26N2O4/c1-3-13(2)17(23)21-15-7-4-6-14(10-15)12-20-16(22)11-19(18(24)25)8-5-9-19/h4,6-7,10,13H,3,5,8-9,11-12H2,1-2H3,(H,20,22)(H,21,23)(H,24,25). The summed E-state index contributed by atoms with van der Waals surface area (Å²) in [4.78, 5) is 35.3. The van der Waals surface area contributed by atoms with Gasteiger partial charge < -0.3 is 15.7 Å². The van der Waals surface area contributed by atoms with Crippen LogP contribution < -0.4 is 10.6 Å². The molecule has 2 amide bonds. The molecule has 1 fully saturated rings. The van der Waals surface area contributed by atoms with Crippen LogP contribution in [0.4, 0.5) is 5.69 Å². The number of nitrogens with one attached hydrogen (secondary N) is 2. The number of carboxylic acid groups (broad SMARTS) is 1. The fourth-order valence-electron chi connectivity index (χ4n) is 2.85. The zero-order valence-corrected chi connectivity index (χ0v) is 14.8. The summed E-state index contributed by atoms with van der Waals surface area (Å²) >= 11 is 0. The minimum absolute atomic E-state index is 0.0206. The van der Waals surface area contributed by atoms with Crippen LogP contribution in [0.2, 0.25) is 0 Å². The largest absolute Gasteiger partial charge is 0.481 e. The van der Waals surface area contributed by atoms with Gasteiger partial charge >= 0.3 is 5.97 Å². The van der Waals surface area contributed by atoms with Gasteiger partial charge in [0.15, 0.2) is 0 Å². The first kappa shape index (κ1) is 19.0. The van der Waals surface area contributed by atoms with Gasteiger partial charge in [-0.05, 0) is 37.0 Å². The highest BCUT2D eigenvalue weighted by atomic mass is 16.4. The van der Waals surface area contributed by atoms with Crippen LogP contribution in [0.3, 0.4) is 0 Å². The molecule has 1 atom stereocenters. The SMILES string of the molecule is CCC(C)C(=O)Nc1cccc(CNC(=O)CC2(C(=O)O)CCC2)c1. The van der Waals surface area contributed by atoms with E-state index in [2.05, 4.69) is 10.6 Å². The monoisotopic (exact) mass is 346 g/mol. The maximum absolute atomic E-state index is 12.1. The number of hydrogen-bond acceptors (Lipinski definition) is 3. The molecule has 6 nitrogen and oxygen atoms in total. The normalized spacial score (nSPS) is 16.4. The number of rotatable bonds is 8. The van der Waals surface area contributed by atoms with Crippen LogP contribution in [0.25, 0.3) is 0 Å². The lowest BCUT2D eigenvalue weighted by Gasteiger charge is -2.36. The molecule has 0 aromatic heterocycles. The summed E-state index contributed by atoms with van der Waals surface area (Å²) < 4.78 is 0. The van der Waals surface area contributed by atoms with Crippen LogP contribution in [-0.2, 0) is 20.9 Å². The zero-order chi connectivity index (χ0) is 18.4. The van der Waals surface area contributed by atoms with Gasteiger partial charge in [-0.25, -0.2) is 0 Å². The Balaban J connectivity index is 1.88. The van der Waals surface area contributed by atoms with Crippen LogP contribution in [0, 0.1) is 11.3 Å². The van der Waals surface area contributed by atoms with Gasteiger partial charge in [0.2, 0.25) is 11.8 Å². The number of amides is 2. The lowest BCUT2D eigenvalue weighted by Crippen LogP contribution is -2.42. The second-order valence-electron chi connectivity index (χ2n) is 6.89. The van der Waals surface area contributed by atoms with Crippen molar-refractivity contribution in [1.82, 2.24) is 5.32 Å². The molecular formula is C19H26N2O4. The van der Waals surface area contributed by atoms with Crippen LogP contribution in [0.15, 0.2) is 24.3 Å². The molecule has 1 aromatic rings. The first-order valence-corrected chi connectivity index (χ1v) is 8.76. The number of carbonyl (C=O) groups excluding carboxylic acids is 2. The second kappa shape index (κ2) is 8.14. The highest BCUT2D eigenvalue weighted by Crippen LogP contribution is 2.44. The topological polar surface area (TPSA) is 95.5 Å². The molecule has 0 saturated heterocycles. The van der Waals surface area contributed by atoms with Crippen molar-refractivity contribution in [3.63, 3.8) is 0 Å². The number of carbonyl (C=O) groups is 3. The molecular weight excluding hydrogens is 320 g/mol. The summed E-state index contributed by atoms with van der Waals surface area (Å²) in [6.07, 6.45) is 2.77. The van der Waals surface area contributed by atoms with Crippen molar-refractivity contribution in [2.75, 3.05) is 5.32 Å². The average Bonchev–Trinajstić information content (AvgIpc) is 2.55. The van der Waals surface area contributed by atoms with E-state index in [4.69, 9.17) is 0 Å². The summed E-state index contributed by atoms with van der Waals surface area (Å²) in [5.41, 5.74) is 0.669. The Morgan fingerprint density at radius 3 is 2.56 bits per heavy atom. The number of hydrogen-bond donors (Lipinski definition) is 3. The maximum Gasteiger partial charge on any atom is 0.310 e. The van der Waals surface area contributed by atoms with Crippen molar-refractivity contribution in [2.24, 2.45) is 11.3 Å². The summed E-state index contributed by atoms with van der Waals surface area (Å²) in [5, 5.41) is 14.9. The Morgan fingerprint density at radius 2 is 2.00 bits per heavy atom. The molecule has 6 heteroatoms. The molecule has 0 spiro atoms. The van der Waals surface area contributed by atoms with Gasteiger partial charge in [0.25, 0.3) is 0 Å². The van der Waals surface area contributed by atoms with Gasteiger partial charge in [0.1, 0.15) is 0 Å². The molecule has 3 N–H and O–H groups in total. The molecule has 1 aliphatic carbocycles. The fourth-order valence-corrected chi connectivity index (χ4v) is 2.85. The third-order valence-corrected chi connectivity index (χ3v) is 5.01. The van der Waals surface area contributed by atoms with Crippen molar-refractivity contribution >= 4 is 23.5 Å². The minimum atomic E-state index is -0.886. The molecule has 1 aromatic carbocycles. The van der Waals surface area contributed by atoms with E-state index in [-0.39, 0.29) is 24.2 Å². The Hall–Kier alpha value is -2.37. The van der Waals surface area contributed by atoms with Gasteiger partial charge in [0, 0.05) is 24.6 Å². The van der Waals surface area contributed by atoms with E-state index in [0.717, 1.165) is 18.4 Å². The molecule has 1 unspecified atom stereocenters. The van der Waals surface area contributed by atoms with Crippen LogP contribution in [-0.4, -0.2) is 22.9 Å². The Kier molecular flexibility index (Phi) is 6.17. The van der Waals surface area contributed by atoms with Gasteiger partial charge in [-0.2, -0.15) is 0 Å². The van der Waals surface area contributed by atoms with E-state index in [1.54, 1.807) is 6.07 Å². The number of aliphatic carboxylic acids is 1. The van der Waals surface area contributed by atoms with Gasteiger partial charge in [-0.3, -0.25) is 14.4 Å². The van der Waals surface area contributed by atoms with Crippen molar-refractivity contribution in [1.29, 1.82) is 0 Å². The van der Waals surface area contributed by atoms with Gasteiger partial charge in [-0.15, -0.1) is 0 Å². The zero-order valence-electron chi connectivity index (χ0n) is 14.8. The van der Waals surface area contributed by atoms with Crippen molar-refractivity contribution in [3.8, 4) is 0 Å². The van der Waals surface area contributed by atoms with E-state index in [0.29, 0.717) is 25.1 Å². The molecule has 25 heavy (non-hydrogen) atoms. The summed E-state index contributed by atoms with van der Waals surface area (Å²) in [5.74, 6) is -1.23. The highest BCUT2D eigenvalue weighted by Gasteiger charge is 2.45. The molecule has 1 aliphatic rings. The van der Waals surface area contributed by atoms with E-state index < -0.39 is 11.4 Å². The van der Waals surface area contributed by atoms with Gasteiger partial charge in [-0.1, -0.05) is 32.4 Å². The van der Waals surface area contributed by atoms with Crippen molar-refractivity contribution in [3.05, 3.63) is 29.8 Å². The quantitative estimate of drug-likeness (QED) is 0.674. The molecule has 0 radical (unpaired) electrons. The van der Waals surface area contributed by atoms with Crippen molar-refractivity contribution in [2.45, 2.75) is 52.5 Å². The highest BCUT2D eigenvalue weighted by molar-refractivity contribution is 5.92. The molecule has 136 valence electrons.